The summed E-state index contributed by atoms with van der Waals surface area (Å²) in [6, 6.07) is -4.35. The van der Waals surface area contributed by atoms with E-state index in [4.69, 9.17) is 11.5 Å². The summed E-state index contributed by atoms with van der Waals surface area (Å²) in [6.45, 7) is 6.85. The van der Waals surface area contributed by atoms with Gasteiger partial charge in [-0.25, -0.2) is 4.79 Å². The van der Waals surface area contributed by atoms with E-state index in [9.17, 15) is 29.4 Å². The van der Waals surface area contributed by atoms with Gasteiger partial charge in [0.15, 0.2) is 0 Å². The van der Waals surface area contributed by atoms with Crippen LogP contribution in [0, 0.1) is 5.92 Å². The van der Waals surface area contributed by atoms with Gasteiger partial charge in [-0.05, 0) is 52.0 Å². The van der Waals surface area contributed by atoms with Crippen LogP contribution < -0.4 is 27.4 Å². The molecule has 0 aliphatic heterocycles. The van der Waals surface area contributed by atoms with Crippen LogP contribution >= 0.6 is 0 Å². The Hall–Kier alpha value is -2.24. The molecule has 0 spiro atoms. The average Bonchev–Trinajstić information content (AvgIpc) is 2.63. The van der Waals surface area contributed by atoms with Crippen molar-refractivity contribution in [1.29, 1.82) is 0 Å². The molecule has 11 heteroatoms. The van der Waals surface area contributed by atoms with Gasteiger partial charge in [-0.1, -0.05) is 13.8 Å². The Labute approximate surface area is 177 Å². The molecule has 0 heterocycles. The summed E-state index contributed by atoms with van der Waals surface area (Å²) in [7, 11) is 0. The number of rotatable bonds is 14. The normalized spacial score (nSPS) is 16.1. The molecular formula is C19H37N5O6. The third-order valence-electron chi connectivity index (χ3n) is 4.38. The first kappa shape index (κ1) is 27.8. The first-order valence-electron chi connectivity index (χ1n) is 10.2. The smallest absolute Gasteiger partial charge is 0.326 e. The minimum atomic E-state index is -1.31. The number of carbonyl (C=O) groups excluding carboxylic acids is 3. The molecule has 30 heavy (non-hydrogen) atoms. The number of aliphatic hydroxyl groups excluding tert-OH is 1. The standard InChI is InChI=1S/C19H37N5O6/c1-10(2)9-14(17(27)22-13(19(29)30)7-5-6-8-20)23-18(28)15(12(4)25)24-16(26)11(3)21/h10-15,25H,5-9,20-21H2,1-4H3,(H,22,27)(H,23,28)(H,24,26)(H,29,30). The number of carbonyl (C=O) groups is 4. The molecule has 0 radical (unpaired) electrons. The fourth-order valence-electron chi connectivity index (χ4n) is 2.68. The van der Waals surface area contributed by atoms with E-state index >= 15 is 0 Å². The highest BCUT2D eigenvalue weighted by molar-refractivity contribution is 5.94. The summed E-state index contributed by atoms with van der Waals surface area (Å²) in [5.74, 6) is -3.23. The average molecular weight is 432 g/mol. The van der Waals surface area contributed by atoms with Crippen LogP contribution in [0.2, 0.25) is 0 Å². The Kier molecular flexibility index (Phi) is 12.8. The van der Waals surface area contributed by atoms with Gasteiger partial charge < -0.3 is 37.6 Å². The second-order valence-electron chi connectivity index (χ2n) is 7.89. The lowest BCUT2D eigenvalue weighted by molar-refractivity contribution is -0.142. The van der Waals surface area contributed by atoms with Crippen molar-refractivity contribution in [1.82, 2.24) is 16.0 Å². The summed E-state index contributed by atoms with van der Waals surface area (Å²) >= 11 is 0. The summed E-state index contributed by atoms with van der Waals surface area (Å²) in [5.41, 5.74) is 10.9. The van der Waals surface area contributed by atoms with Crippen LogP contribution in [0.3, 0.4) is 0 Å². The largest absolute Gasteiger partial charge is 0.480 e. The molecule has 0 fully saturated rings. The highest BCUT2D eigenvalue weighted by Gasteiger charge is 2.32. The zero-order chi connectivity index (χ0) is 23.4. The fourth-order valence-corrected chi connectivity index (χ4v) is 2.68. The van der Waals surface area contributed by atoms with Gasteiger partial charge in [-0.15, -0.1) is 0 Å². The van der Waals surface area contributed by atoms with E-state index in [1.54, 1.807) is 0 Å². The van der Waals surface area contributed by atoms with Crippen LogP contribution in [-0.2, 0) is 19.2 Å². The van der Waals surface area contributed by atoms with Crippen LogP contribution in [0.25, 0.3) is 0 Å². The lowest BCUT2D eigenvalue weighted by Crippen LogP contribution is -2.59. The molecule has 5 unspecified atom stereocenters. The van der Waals surface area contributed by atoms with Crippen LogP contribution in [-0.4, -0.2) is 70.7 Å². The van der Waals surface area contributed by atoms with Crippen molar-refractivity contribution in [3.63, 3.8) is 0 Å². The second kappa shape index (κ2) is 13.9. The minimum absolute atomic E-state index is 0.00484. The maximum atomic E-state index is 12.7. The number of hydrogen-bond donors (Lipinski definition) is 7. The predicted molar refractivity (Wildman–Crippen MR) is 111 cm³/mol. The third-order valence-corrected chi connectivity index (χ3v) is 4.38. The molecule has 0 saturated carbocycles. The Morgan fingerprint density at radius 2 is 1.43 bits per heavy atom. The molecule has 174 valence electrons. The molecule has 0 aromatic heterocycles. The zero-order valence-corrected chi connectivity index (χ0v) is 18.2. The second-order valence-corrected chi connectivity index (χ2v) is 7.89. The Balaban J connectivity index is 5.31. The van der Waals surface area contributed by atoms with E-state index in [2.05, 4.69) is 16.0 Å². The van der Waals surface area contributed by atoms with Crippen molar-refractivity contribution in [3.05, 3.63) is 0 Å². The molecule has 0 aromatic carbocycles. The monoisotopic (exact) mass is 431 g/mol. The molecule has 3 amide bonds. The molecule has 0 aliphatic carbocycles. The summed E-state index contributed by atoms with van der Waals surface area (Å²) < 4.78 is 0. The lowest BCUT2D eigenvalue weighted by atomic mass is 10.0. The van der Waals surface area contributed by atoms with Crippen molar-refractivity contribution in [2.24, 2.45) is 17.4 Å². The van der Waals surface area contributed by atoms with E-state index in [0.717, 1.165) is 0 Å². The summed E-state index contributed by atoms with van der Waals surface area (Å²) in [5, 5.41) is 26.5. The quantitative estimate of drug-likeness (QED) is 0.160. The van der Waals surface area contributed by atoms with Crippen molar-refractivity contribution >= 4 is 23.7 Å². The first-order chi connectivity index (χ1) is 13.9. The Bertz CT molecular complexity index is 582. The maximum absolute atomic E-state index is 12.7. The molecule has 11 nitrogen and oxygen atoms in total. The number of carboxylic acids is 1. The van der Waals surface area contributed by atoms with Gasteiger partial charge in [0.25, 0.3) is 0 Å². The van der Waals surface area contributed by atoms with Gasteiger partial charge in [0.1, 0.15) is 18.1 Å². The van der Waals surface area contributed by atoms with Gasteiger partial charge >= 0.3 is 5.97 Å². The van der Waals surface area contributed by atoms with Gasteiger partial charge in [0.05, 0.1) is 12.1 Å². The number of hydrogen-bond acceptors (Lipinski definition) is 7. The predicted octanol–water partition coefficient (Wildman–Crippen LogP) is -1.57. The van der Waals surface area contributed by atoms with Crippen molar-refractivity contribution in [2.75, 3.05) is 6.54 Å². The molecule has 0 rings (SSSR count). The first-order valence-corrected chi connectivity index (χ1v) is 10.2. The Morgan fingerprint density at radius 1 is 0.867 bits per heavy atom. The molecule has 5 atom stereocenters. The molecule has 0 bridgehead atoms. The van der Waals surface area contributed by atoms with Crippen LogP contribution in [0.1, 0.15) is 53.4 Å². The number of nitrogens with one attached hydrogen (secondary N) is 3. The third kappa shape index (κ3) is 10.5. The number of unbranched alkanes of at least 4 members (excludes halogenated alkanes) is 1. The van der Waals surface area contributed by atoms with Crippen LogP contribution in [0.15, 0.2) is 0 Å². The number of aliphatic hydroxyl groups is 1. The van der Waals surface area contributed by atoms with E-state index in [-0.39, 0.29) is 18.8 Å². The van der Waals surface area contributed by atoms with Crippen LogP contribution in [0.5, 0.6) is 0 Å². The van der Waals surface area contributed by atoms with Gasteiger partial charge in [-0.2, -0.15) is 0 Å². The molecule has 0 aliphatic rings. The molecular weight excluding hydrogens is 394 g/mol. The van der Waals surface area contributed by atoms with E-state index < -0.39 is 54.0 Å². The zero-order valence-electron chi connectivity index (χ0n) is 18.2. The van der Waals surface area contributed by atoms with E-state index in [1.807, 2.05) is 13.8 Å². The Morgan fingerprint density at radius 3 is 1.87 bits per heavy atom. The lowest BCUT2D eigenvalue weighted by Gasteiger charge is -2.27. The summed E-state index contributed by atoms with van der Waals surface area (Å²) in [4.78, 5) is 48.6. The highest BCUT2D eigenvalue weighted by Crippen LogP contribution is 2.08. The van der Waals surface area contributed by atoms with Crippen LogP contribution in [0.4, 0.5) is 0 Å². The minimum Gasteiger partial charge on any atom is -0.480 e. The number of aliphatic carboxylic acids is 1. The van der Waals surface area contributed by atoms with Crippen molar-refractivity contribution in [3.8, 4) is 0 Å². The summed E-state index contributed by atoms with van der Waals surface area (Å²) in [6.07, 6.45) is 0.365. The van der Waals surface area contributed by atoms with Crippen molar-refractivity contribution < 1.29 is 29.4 Å². The van der Waals surface area contributed by atoms with E-state index in [1.165, 1.54) is 13.8 Å². The maximum Gasteiger partial charge on any atom is 0.326 e. The number of carboxylic acid groups (broad SMARTS) is 1. The SMILES string of the molecule is CC(C)CC(NC(=O)C(NC(=O)C(C)N)C(C)O)C(=O)NC(CCCCN)C(=O)O. The van der Waals surface area contributed by atoms with Gasteiger partial charge in [-0.3, -0.25) is 14.4 Å². The molecule has 9 N–H and O–H groups in total. The van der Waals surface area contributed by atoms with Gasteiger partial charge in [0.2, 0.25) is 17.7 Å². The van der Waals surface area contributed by atoms with Crippen molar-refractivity contribution in [2.45, 2.75) is 83.6 Å². The molecule has 0 saturated heterocycles. The number of nitrogens with two attached hydrogens (primary N) is 2. The van der Waals surface area contributed by atoms with Gasteiger partial charge in [0, 0.05) is 0 Å². The topological polar surface area (TPSA) is 197 Å². The number of amides is 3. The van der Waals surface area contributed by atoms with E-state index in [0.29, 0.717) is 19.4 Å². The highest BCUT2D eigenvalue weighted by atomic mass is 16.4. The fraction of sp³-hybridized carbons (Fsp3) is 0.789. The molecule has 0 aromatic rings.